The fourth-order valence-corrected chi connectivity index (χ4v) is 2.91. The molecule has 0 N–H and O–H groups in total. The maximum absolute atomic E-state index is 12.4. The van der Waals surface area contributed by atoms with Gasteiger partial charge in [0.05, 0.1) is 12.3 Å². The number of nitrogens with zero attached hydrogens (tertiary/aromatic N) is 3. The van der Waals surface area contributed by atoms with E-state index in [2.05, 4.69) is 4.98 Å². The third-order valence-electron chi connectivity index (χ3n) is 3.85. The molecule has 5 nitrogen and oxygen atoms in total. The SMILES string of the molecule is Cc1ccc2c(c1)OCCc1nc(=O)n(-c3ccc(Cl)cc3)n1-2. The van der Waals surface area contributed by atoms with Crippen LogP contribution in [0.1, 0.15) is 11.4 Å². The summed E-state index contributed by atoms with van der Waals surface area (Å²) in [5.41, 5.74) is 2.32. The quantitative estimate of drug-likeness (QED) is 0.690. The number of benzene rings is 2. The Balaban J connectivity index is 2.01. The predicted octanol–water partition coefficient (Wildman–Crippen LogP) is 2.92. The summed E-state index contributed by atoms with van der Waals surface area (Å²) in [5, 5.41) is 0.622. The molecule has 0 fully saturated rings. The highest BCUT2D eigenvalue weighted by atomic mass is 35.5. The Hall–Kier alpha value is -2.53. The fraction of sp³-hybridized carbons (Fsp3) is 0.176. The second-order valence-corrected chi connectivity index (χ2v) is 5.92. The van der Waals surface area contributed by atoms with Gasteiger partial charge in [-0.2, -0.15) is 9.67 Å². The molecule has 1 aliphatic heterocycles. The maximum atomic E-state index is 12.4. The van der Waals surface area contributed by atoms with Crippen LogP contribution in [0.15, 0.2) is 47.3 Å². The van der Waals surface area contributed by atoms with E-state index in [0.717, 1.165) is 17.0 Å². The van der Waals surface area contributed by atoms with Crippen molar-refractivity contribution in [3.63, 3.8) is 0 Å². The second-order valence-electron chi connectivity index (χ2n) is 5.48. The summed E-state index contributed by atoms with van der Waals surface area (Å²) in [6.45, 7) is 2.50. The van der Waals surface area contributed by atoms with E-state index in [-0.39, 0.29) is 5.69 Å². The van der Waals surface area contributed by atoms with E-state index >= 15 is 0 Å². The van der Waals surface area contributed by atoms with Crippen LogP contribution < -0.4 is 10.4 Å². The zero-order valence-corrected chi connectivity index (χ0v) is 13.2. The average Bonchev–Trinajstić information content (AvgIpc) is 2.75. The van der Waals surface area contributed by atoms with Crippen LogP contribution >= 0.6 is 11.6 Å². The number of hydrogen-bond acceptors (Lipinski definition) is 3. The number of aryl methyl sites for hydroxylation is 1. The van der Waals surface area contributed by atoms with Crippen LogP contribution in [0.25, 0.3) is 11.4 Å². The average molecular weight is 328 g/mol. The normalized spacial score (nSPS) is 13.0. The number of fused-ring (bicyclic) bond motifs is 3. The van der Waals surface area contributed by atoms with Crippen molar-refractivity contribution in [2.24, 2.45) is 0 Å². The first kappa shape index (κ1) is 14.1. The van der Waals surface area contributed by atoms with Crippen molar-refractivity contribution in [1.29, 1.82) is 0 Å². The smallest absolute Gasteiger partial charge is 0.369 e. The van der Waals surface area contributed by atoms with Gasteiger partial charge in [-0.05, 0) is 48.9 Å². The van der Waals surface area contributed by atoms with E-state index in [1.165, 1.54) is 0 Å². The molecule has 0 spiro atoms. The molecule has 0 radical (unpaired) electrons. The van der Waals surface area contributed by atoms with Gasteiger partial charge < -0.3 is 4.74 Å². The molecular formula is C17H14ClN3O2. The van der Waals surface area contributed by atoms with Gasteiger partial charge in [0.1, 0.15) is 17.3 Å². The van der Waals surface area contributed by atoms with Gasteiger partial charge in [-0.1, -0.05) is 17.7 Å². The largest absolute Gasteiger partial charge is 0.491 e. The highest BCUT2D eigenvalue weighted by Crippen LogP contribution is 2.28. The highest BCUT2D eigenvalue weighted by Gasteiger charge is 2.22. The van der Waals surface area contributed by atoms with E-state index < -0.39 is 0 Å². The van der Waals surface area contributed by atoms with Gasteiger partial charge in [-0.25, -0.2) is 9.48 Å². The number of halogens is 1. The molecule has 0 bridgehead atoms. The Morgan fingerprint density at radius 3 is 2.70 bits per heavy atom. The molecule has 0 saturated carbocycles. The Morgan fingerprint density at radius 1 is 1.13 bits per heavy atom. The lowest BCUT2D eigenvalue weighted by Gasteiger charge is -2.14. The van der Waals surface area contributed by atoms with Crippen LogP contribution in [-0.2, 0) is 6.42 Å². The minimum atomic E-state index is -0.309. The van der Waals surface area contributed by atoms with Gasteiger partial charge in [-0.15, -0.1) is 0 Å². The summed E-state index contributed by atoms with van der Waals surface area (Å²) in [5.74, 6) is 1.44. The number of rotatable bonds is 1. The molecule has 1 aliphatic rings. The van der Waals surface area contributed by atoms with Crippen molar-refractivity contribution in [2.45, 2.75) is 13.3 Å². The zero-order chi connectivity index (χ0) is 16.0. The first-order valence-electron chi connectivity index (χ1n) is 7.34. The lowest BCUT2D eigenvalue weighted by molar-refractivity contribution is 0.325. The Kier molecular flexibility index (Phi) is 3.23. The van der Waals surface area contributed by atoms with Gasteiger partial charge in [-0.3, -0.25) is 0 Å². The highest BCUT2D eigenvalue weighted by molar-refractivity contribution is 6.30. The molecule has 2 heterocycles. The van der Waals surface area contributed by atoms with Crippen molar-refractivity contribution >= 4 is 11.6 Å². The van der Waals surface area contributed by atoms with Crippen molar-refractivity contribution in [3.05, 3.63) is 69.4 Å². The summed E-state index contributed by atoms with van der Waals surface area (Å²) in [6, 6.07) is 13.0. The fourth-order valence-electron chi connectivity index (χ4n) is 2.79. The first-order valence-corrected chi connectivity index (χ1v) is 7.72. The third-order valence-corrected chi connectivity index (χ3v) is 4.10. The van der Waals surface area contributed by atoms with Gasteiger partial charge in [0, 0.05) is 11.4 Å². The number of aromatic nitrogens is 3. The molecular weight excluding hydrogens is 314 g/mol. The lowest BCUT2D eigenvalue weighted by atomic mass is 10.2. The maximum Gasteiger partial charge on any atom is 0.369 e. The molecule has 116 valence electrons. The van der Waals surface area contributed by atoms with Crippen LogP contribution in [0.2, 0.25) is 5.02 Å². The van der Waals surface area contributed by atoms with Crippen molar-refractivity contribution in [3.8, 4) is 17.1 Å². The van der Waals surface area contributed by atoms with E-state index in [0.29, 0.717) is 29.6 Å². The summed E-state index contributed by atoms with van der Waals surface area (Å²) in [4.78, 5) is 16.6. The van der Waals surface area contributed by atoms with E-state index in [1.807, 2.05) is 29.8 Å². The molecule has 0 unspecified atom stereocenters. The summed E-state index contributed by atoms with van der Waals surface area (Å²) < 4.78 is 9.20. The number of hydrogen-bond donors (Lipinski definition) is 0. The van der Waals surface area contributed by atoms with Crippen LogP contribution in [0.4, 0.5) is 0 Å². The minimum absolute atomic E-state index is 0.309. The molecule has 0 saturated heterocycles. The minimum Gasteiger partial charge on any atom is -0.491 e. The van der Waals surface area contributed by atoms with Crippen molar-refractivity contribution in [2.75, 3.05) is 6.61 Å². The summed E-state index contributed by atoms with van der Waals surface area (Å²) in [7, 11) is 0. The molecule has 2 aromatic carbocycles. The monoisotopic (exact) mass is 327 g/mol. The van der Waals surface area contributed by atoms with Crippen molar-refractivity contribution in [1.82, 2.24) is 14.3 Å². The van der Waals surface area contributed by atoms with E-state index in [9.17, 15) is 4.79 Å². The van der Waals surface area contributed by atoms with E-state index in [1.54, 1.807) is 28.9 Å². The van der Waals surface area contributed by atoms with Crippen LogP contribution in [0.3, 0.4) is 0 Å². The van der Waals surface area contributed by atoms with Crippen molar-refractivity contribution < 1.29 is 4.74 Å². The van der Waals surface area contributed by atoms with Crippen LogP contribution in [0, 0.1) is 6.92 Å². The predicted molar refractivity (Wildman–Crippen MR) is 88.1 cm³/mol. The van der Waals surface area contributed by atoms with Gasteiger partial charge in [0.25, 0.3) is 0 Å². The van der Waals surface area contributed by atoms with Gasteiger partial charge in [0.15, 0.2) is 0 Å². The Bertz CT molecular complexity index is 941. The third kappa shape index (κ3) is 2.33. The standard InChI is InChI=1S/C17H14ClN3O2/c1-11-2-7-14-15(10-11)23-9-8-16-19-17(22)20(21(14)16)13-5-3-12(18)4-6-13/h2-7,10H,8-9H2,1H3. The van der Waals surface area contributed by atoms with Crippen LogP contribution in [-0.4, -0.2) is 21.0 Å². The molecule has 6 heteroatoms. The molecule has 4 rings (SSSR count). The summed E-state index contributed by atoms with van der Waals surface area (Å²) in [6.07, 6.45) is 0.573. The van der Waals surface area contributed by atoms with Gasteiger partial charge >= 0.3 is 5.69 Å². The topological polar surface area (TPSA) is 49.0 Å². The van der Waals surface area contributed by atoms with E-state index in [4.69, 9.17) is 16.3 Å². The Labute approximate surface area is 137 Å². The molecule has 0 atom stereocenters. The second kappa shape index (κ2) is 5.28. The summed E-state index contributed by atoms with van der Waals surface area (Å²) >= 11 is 5.95. The zero-order valence-electron chi connectivity index (χ0n) is 12.5. The first-order chi connectivity index (χ1) is 11.1. The Morgan fingerprint density at radius 2 is 1.91 bits per heavy atom. The molecule has 0 aliphatic carbocycles. The number of ether oxygens (including phenoxy) is 1. The molecule has 3 aromatic rings. The molecule has 23 heavy (non-hydrogen) atoms. The molecule has 1 aromatic heterocycles. The van der Waals surface area contributed by atoms with Crippen LogP contribution in [0.5, 0.6) is 5.75 Å². The lowest BCUT2D eigenvalue weighted by Crippen LogP contribution is -2.21. The molecule has 0 amide bonds. The van der Waals surface area contributed by atoms with Gasteiger partial charge in [0.2, 0.25) is 0 Å².